The molecule has 0 rings (SSSR count). The number of carboxylic acid groups (broad SMARTS) is 1. The minimum absolute atomic E-state index is 0.240. The number of hydrogen-bond donors (Lipinski definition) is 3. The van der Waals surface area contributed by atoms with Crippen LogP contribution in [0.1, 0.15) is 34.1 Å². The van der Waals surface area contributed by atoms with Crippen molar-refractivity contribution in [1.82, 2.24) is 10.2 Å². The van der Waals surface area contributed by atoms with E-state index in [4.69, 9.17) is 5.11 Å². The first-order valence-electron chi connectivity index (χ1n) is 6.15. The SMILES string of the molecule is CCN(CC(C)(C)O)C(=O)NCCC(C)C(=O)O. The predicted octanol–water partition coefficient (Wildman–Crippen LogP) is 0.900. The van der Waals surface area contributed by atoms with Crippen LogP contribution in [0.5, 0.6) is 0 Å². The molecular weight excluding hydrogens is 236 g/mol. The van der Waals surface area contributed by atoms with Crippen LogP contribution < -0.4 is 5.32 Å². The highest BCUT2D eigenvalue weighted by Crippen LogP contribution is 2.05. The fourth-order valence-corrected chi connectivity index (χ4v) is 1.43. The van der Waals surface area contributed by atoms with E-state index >= 15 is 0 Å². The molecule has 0 heterocycles. The highest BCUT2D eigenvalue weighted by atomic mass is 16.4. The van der Waals surface area contributed by atoms with Crippen molar-refractivity contribution in [2.75, 3.05) is 19.6 Å². The lowest BCUT2D eigenvalue weighted by Gasteiger charge is -2.28. The van der Waals surface area contributed by atoms with Gasteiger partial charge >= 0.3 is 12.0 Å². The number of hydrogen-bond acceptors (Lipinski definition) is 3. The van der Waals surface area contributed by atoms with Crippen molar-refractivity contribution in [3.63, 3.8) is 0 Å². The quantitative estimate of drug-likeness (QED) is 0.634. The molecule has 18 heavy (non-hydrogen) atoms. The zero-order valence-corrected chi connectivity index (χ0v) is 11.6. The van der Waals surface area contributed by atoms with Crippen LogP contribution in [0, 0.1) is 5.92 Å². The van der Waals surface area contributed by atoms with Gasteiger partial charge in [-0.1, -0.05) is 6.92 Å². The summed E-state index contributed by atoms with van der Waals surface area (Å²) in [4.78, 5) is 23.8. The van der Waals surface area contributed by atoms with Crippen LogP contribution in [0.4, 0.5) is 4.79 Å². The molecule has 0 aliphatic carbocycles. The molecule has 6 nitrogen and oxygen atoms in total. The molecule has 2 amide bonds. The molecule has 0 saturated heterocycles. The fourth-order valence-electron chi connectivity index (χ4n) is 1.43. The minimum Gasteiger partial charge on any atom is -0.481 e. The molecule has 0 aromatic heterocycles. The van der Waals surface area contributed by atoms with Gasteiger partial charge in [-0.2, -0.15) is 0 Å². The second-order valence-corrected chi connectivity index (χ2v) is 5.09. The Kier molecular flexibility index (Phi) is 6.68. The van der Waals surface area contributed by atoms with Crippen molar-refractivity contribution in [3.8, 4) is 0 Å². The summed E-state index contributed by atoms with van der Waals surface area (Å²) in [5, 5.41) is 21.0. The van der Waals surface area contributed by atoms with Gasteiger partial charge in [0.1, 0.15) is 0 Å². The molecule has 0 spiro atoms. The molecule has 0 bridgehead atoms. The molecule has 0 aromatic carbocycles. The number of amides is 2. The number of carbonyl (C=O) groups excluding carboxylic acids is 1. The van der Waals surface area contributed by atoms with Crippen LogP contribution in [0.3, 0.4) is 0 Å². The maximum atomic E-state index is 11.8. The normalized spacial score (nSPS) is 12.9. The van der Waals surface area contributed by atoms with E-state index in [9.17, 15) is 14.7 Å². The van der Waals surface area contributed by atoms with Gasteiger partial charge in [0.05, 0.1) is 18.1 Å². The van der Waals surface area contributed by atoms with Crippen molar-refractivity contribution in [3.05, 3.63) is 0 Å². The van der Waals surface area contributed by atoms with Crippen LogP contribution in [0.2, 0.25) is 0 Å². The number of urea groups is 1. The molecule has 1 atom stereocenters. The smallest absolute Gasteiger partial charge is 0.317 e. The van der Waals surface area contributed by atoms with Gasteiger partial charge in [-0.15, -0.1) is 0 Å². The van der Waals surface area contributed by atoms with Crippen molar-refractivity contribution in [2.45, 2.75) is 39.7 Å². The van der Waals surface area contributed by atoms with Crippen LogP contribution >= 0.6 is 0 Å². The summed E-state index contributed by atoms with van der Waals surface area (Å²) in [5.74, 6) is -1.34. The molecule has 6 heteroatoms. The lowest BCUT2D eigenvalue weighted by molar-refractivity contribution is -0.141. The molecule has 0 saturated carbocycles. The summed E-state index contributed by atoms with van der Waals surface area (Å²) in [6.07, 6.45) is 0.390. The van der Waals surface area contributed by atoms with E-state index in [2.05, 4.69) is 5.32 Å². The molecule has 0 fully saturated rings. The number of carbonyl (C=O) groups is 2. The lowest BCUT2D eigenvalue weighted by atomic mass is 10.1. The van der Waals surface area contributed by atoms with E-state index in [1.54, 1.807) is 20.8 Å². The van der Waals surface area contributed by atoms with E-state index in [1.165, 1.54) is 4.90 Å². The molecule has 1 unspecified atom stereocenters. The van der Waals surface area contributed by atoms with Crippen LogP contribution in [-0.4, -0.2) is 52.3 Å². The largest absolute Gasteiger partial charge is 0.481 e. The van der Waals surface area contributed by atoms with E-state index in [1.807, 2.05) is 6.92 Å². The van der Waals surface area contributed by atoms with Gasteiger partial charge in [0.15, 0.2) is 0 Å². The van der Waals surface area contributed by atoms with E-state index < -0.39 is 17.5 Å². The summed E-state index contributed by atoms with van der Waals surface area (Å²) in [6.45, 7) is 7.74. The van der Waals surface area contributed by atoms with E-state index in [0.717, 1.165) is 0 Å². The molecule has 106 valence electrons. The fraction of sp³-hybridized carbons (Fsp3) is 0.833. The number of nitrogens with one attached hydrogen (secondary N) is 1. The summed E-state index contributed by atoms with van der Waals surface area (Å²) >= 11 is 0. The average molecular weight is 260 g/mol. The number of aliphatic carboxylic acids is 1. The first-order valence-corrected chi connectivity index (χ1v) is 6.15. The monoisotopic (exact) mass is 260 g/mol. The number of aliphatic hydroxyl groups is 1. The third kappa shape index (κ3) is 7.11. The average Bonchev–Trinajstić information content (AvgIpc) is 2.23. The Morgan fingerprint density at radius 1 is 1.39 bits per heavy atom. The number of carboxylic acids is 1. The highest BCUT2D eigenvalue weighted by molar-refractivity contribution is 5.74. The van der Waals surface area contributed by atoms with Gasteiger partial charge in [0.25, 0.3) is 0 Å². The van der Waals surface area contributed by atoms with Gasteiger partial charge < -0.3 is 20.4 Å². The Balaban J connectivity index is 4.10. The zero-order valence-electron chi connectivity index (χ0n) is 11.6. The summed E-state index contributed by atoms with van der Waals surface area (Å²) < 4.78 is 0. The Bertz CT molecular complexity index is 286. The van der Waals surface area contributed by atoms with Crippen LogP contribution in [-0.2, 0) is 4.79 Å². The Labute approximate surface area is 108 Å². The first-order chi connectivity index (χ1) is 8.17. The zero-order chi connectivity index (χ0) is 14.3. The standard InChI is InChI=1S/C12H24N2O4/c1-5-14(8-12(3,4)18)11(17)13-7-6-9(2)10(15)16/h9,18H,5-8H2,1-4H3,(H,13,17)(H,15,16). The highest BCUT2D eigenvalue weighted by Gasteiger charge is 2.21. The third-order valence-corrected chi connectivity index (χ3v) is 2.52. The number of rotatable bonds is 7. The van der Waals surface area contributed by atoms with Gasteiger partial charge in [-0.25, -0.2) is 4.79 Å². The second-order valence-electron chi connectivity index (χ2n) is 5.09. The van der Waals surface area contributed by atoms with Crippen LogP contribution in [0.15, 0.2) is 0 Å². The van der Waals surface area contributed by atoms with Crippen molar-refractivity contribution in [1.29, 1.82) is 0 Å². The number of likely N-dealkylation sites (N-methyl/N-ethyl adjacent to an activating group) is 1. The van der Waals surface area contributed by atoms with Crippen molar-refractivity contribution >= 4 is 12.0 Å². The Hall–Kier alpha value is -1.30. The number of nitrogens with zero attached hydrogens (tertiary/aromatic N) is 1. The lowest BCUT2D eigenvalue weighted by Crippen LogP contribution is -2.47. The second kappa shape index (κ2) is 7.20. The van der Waals surface area contributed by atoms with E-state index in [0.29, 0.717) is 19.5 Å². The van der Waals surface area contributed by atoms with Gasteiger partial charge in [-0.3, -0.25) is 4.79 Å². The van der Waals surface area contributed by atoms with Gasteiger partial charge in [0, 0.05) is 13.1 Å². The first kappa shape index (κ1) is 16.7. The summed E-state index contributed by atoms with van der Waals surface area (Å²) in [5.41, 5.74) is -0.943. The molecular formula is C12H24N2O4. The minimum atomic E-state index is -0.943. The maximum Gasteiger partial charge on any atom is 0.317 e. The summed E-state index contributed by atoms with van der Waals surface area (Å²) in [7, 11) is 0. The van der Waals surface area contributed by atoms with Crippen LogP contribution in [0.25, 0.3) is 0 Å². The molecule has 0 aliphatic rings. The van der Waals surface area contributed by atoms with Gasteiger partial charge in [-0.05, 0) is 27.2 Å². The van der Waals surface area contributed by atoms with E-state index in [-0.39, 0.29) is 12.6 Å². The third-order valence-electron chi connectivity index (χ3n) is 2.52. The van der Waals surface area contributed by atoms with Crippen molar-refractivity contribution < 1.29 is 19.8 Å². The summed E-state index contributed by atoms with van der Waals surface area (Å²) in [6, 6.07) is -0.280. The Morgan fingerprint density at radius 3 is 2.33 bits per heavy atom. The van der Waals surface area contributed by atoms with Crippen molar-refractivity contribution in [2.24, 2.45) is 5.92 Å². The molecule has 3 N–H and O–H groups in total. The van der Waals surface area contributed by atoms with Gasteiger partial charge in [0.2, 0.25) is 0 Å². The molecule has 0 aliphatic heterocycles. The molecule has 0 aromatic rings. The maximum absolute atomic E-state index is 11.8. The predicted molar refractivity (Wildman–Crippen MR) is 68.4 cm³/mol. The Morgan fingerprint density at radius 2 is 1.94 bits per heavy atom. The molecule has 0 radical (unpaired) electrons. The topological polar surface area (TPSA) is 89.9 Å².